The van der Waals surface area contributed by atoms with E-state index in [1.54, 1.807) is 0 Å². The minimum absolute atomic E-state index is 0.0216. The summed E-state index contributed by atoms with van der Waals surface area (Å²) in [5.74, 6) is -0.847. The van der Waals surface area contributed by atoms with E-state index in [4.69, 9.17) is 18.5 Å². The summed E-state index contributed by atoms with van der Waals surface area (Å²) in [7, 11) is 1.44. The number of esters is 2. The van der Waals surface area contributed by atoms with E-state index in [1.165, 1.54) is 116 Å². The Kier molecular flexibility index (Phi) is 42.3. The summed E-state index contributed by atoms with van der Waals surface area (Å²) in [6.45, 7) is 4.27. The second-order valence-electron chi connectivity index (χ2n) is 17.8. The summed E-state index contributed by atoms with van der Waals surface area (Å²) in [6.07, 6.45) is 54.3. The number of rotatable bonds is 45. The second kappa shape index (κ2) is 43.9. The summed E-state index contributed by atoms with van der Waals surface area (Å²) >= 11 is 0. The zero-order valence-corrected chi connectivity index (χ0v) is 41.5. The van der Waals surface area contributed by atoms with Gasteiger partial charge in [-0.05, 0) is 77.0 Å². The van der Waals surface area contributed by atoms with Gasteiger partial charge in [-0.3, -0.25) is 18.6 Å². The van der Waals surface area contributed by atoms with Crippen molar-refractivity contribution in [2.24, 2.45) is 0 Å². The molecule has 0 aliphatic carbocycles. The number of hydrogen-bond acceptors (Lipinski definition) is 7. The lowest BCUT2D eigenvalue weighted by molar-refractivity contribution is -0.870. The van der Waals surface area contributed by atoms with Crippen LogP contribution in [-0.2, 0) is 32.7 Å². The molecule has 0 bridgehead atoms. The number of carbonyl (C=O) groups is 2. The lowest BCUT2D eigenvalue weighted by Crippen LogP contribution is -2.37. The molecule has 2 atom stereocenters. The van der Waals surface area contributed by atoms with Gasteiger partial charge in [-0.1, -0.05) is 177 Å². The van der Waals surface area contributed by atoms with E-state index >= 15 is 0 Å². The minimum atomic E-state index is -4.39. The Morgan fingerprint density at radius 2 is 0.919 bits per heavy atom. The van der Waals surface area contributed by atoms with Crippen molar-refractivity contribution in [1.82, 2.24) is 0 Å². The highest BCUT2D eigenvalue weighted by Gasteiger charge is 2.27. The molecule has 0 aromatic rings. The molecule has 0 amide bonds. The van der Waals surface area contributed by atoms with Crippen LogP contribution in [0.3, 0.4) is 0 Å². The number of allylic oxidation sites excluding steroid dienone is 10. The van der Waals surface area contributed by atoms with Crippen molar-refractivity contribution in [1.29, 1.82) is 0 Å². The number of nitrogens with zero attached hydrogens (tertiary/aromatic N) is 1. The van der Waals surface area contributed by atoms with Crippen molar-refractivity contribution in [3.05, 3.63) is 60.8 Å². The number of quaternary nitrogens is 1. The number of ether oxygens (including phenoxy) is 2. The van der Waals surface area contributed by atoms with Crippen molar-refractivity contribution in [3.8, 4) is 0 Å². The predicted molar refractivity (Wildman–Crippen MR) is 261 cm³/mol. The van der Waals surface area contributed by atoms with Gasteiger partial charge >= 0.3 is 19.8 Å². The fourth-order valence-electron chi connectivity index (χ4n) is 6.65. The molecule has 10 heteroatoms. The summed E-state index contributed by atoms with van der Waals surface area (Å²) in [5.41, 5.74) is 0. The van der Waals surface area contributed by atoms with Crippen LogP contribution < -0.4 is 0 Å². The van der Waals surface area contributed by atoms with Gasteiger partial charge in [0.2, 0.25) is 0 Å². The van der Waals surface area contributed by atoms with Crippen LogP contribution in [0.2, 0.25) is 0 Å². The number of phosphoric acid groups is 1. The molecule has 2 unspecified atom stereocenters. The predicted octanol–water partition coefficient (Wildman–Crippen LogP) is 14.8. The molecular weight excluding hydrogens is 798 g/mol. The van der Waals surface area contributed by atoms with Crippen molar-refractivity contribution in [2.75, 3.05) is 47.5 Å². The first-order valence-electron chi connectivity index (χ1n) is 25.0. The Bertz CT molecular complexity index is 1240. The lowest BCUT2D eigenvalue weighted by Gasteiger charge is -2.24. The first-order chi connectivity index (χ1) is 30.0. The maximum atomic E-state index is 12.7. The van der Waals surface area contributed by atoms with Crippen LogP contribution in [0.25, 0.3) is 0 Å². The molecule has 0 heterocycles. The monoisotopic (exact) mass is 893 g/mol. The number of hydrogen-bond donors (Lipinski definition) is 1. The summed E-state index contributed by atoms with van der Waals surface area (Å²) < 4.78 is 34.4. The molecule has 0 fully saturated rings. The maximum Gasteiger partial charge on any atom is 0.472 e. The fourth-order valence-corrected chi connectivity index (χ4v) is 7.39. The van der Waals surface area contributed by atoms with Crippen LogP contribution in [0.1, 0.15) is 206 Å². The second-order valence-corrected chi connectivity index (χ2v) is 19.3. The maximum absolute atomic E-state index is 12.7. The third kappa shape index (κ3) is 47.2. The highest BCUT2D eigenvalue weighted by Crippen LogP contribution is 2.43. The zero-order chi connectivity index (χ0) is 45.7. The Morgan fingerprint density at radius 1 is 0.516 bits per heavy atom. The quantitative estimate of drug-likeness (QED) is 0.0212. The third-order valence-electron chi connectivity index (χ3n) is 10.5. The molecule has 0 spiro atoms. The summed E-state index contributed by atoms with van der Waals surface area (Å²) in [4.78, 5) is 35.5. The number of carbonyl (C=O) groups excluding carboxylic acids is 2. The SMILES string of the molecule is CC/C=C\C/C=C\C/C=C\C/C=C\CCCCC(=O)OC(COC(=O)CCCCCCCCCCCCC/C=C\CCCCCCCCCC)COP(=O)(O)OCC[N+](C)(C)C. The molecule has 0 rings (SSSR count). The van der Waals surface area contributed by atoms with Crippen LogP contribution in [0.15, 0.2) is 60.8 Å². The molecule has 0 saturated carbocycles. The van der Waals surface area contributed by atoms with Gasteiger partial charge in [0, 0.05) is 12.8 Å². The van der Waals surface area contributed by atoms with Crippen molar-refractivity contribution in [3.63, 3.8) is 0 Å². The van der Waals surface area contributed by atoms with Crippen molar-refractivity contribution in [2.45, 2.75) is 213 Å². The van der Waals surface area contributed by atoms with E-state index in [9.17, 15) is 19.0 Å². The Morgan fingerprint density at radius 3 is 1.42 bits per heavy atom. The Labute approximate surface area is 381 Å². The first-order valence-corrected chi connectivity index (χ1v) is 26.5. The zero-order valence-electron chi connectivity index (χ0n) is 40.6. The average Bonchev–Trinajstić information content (AvgIpc) is 3.23. The largest absolute Gasteiger partial charge is 0.472 e. The van der Waals surface area contributed by atoms with Gasteiger partial charge in [-0.25, -0.2) is 4.57 Å². The van der Waals surface area contributed by atoms with Gasteiger partial charge in [0.25, 0.3) is 0 Å². The van der Waals surface area contributed by atoms with Crippen LogP contribution in [0.4, 0.5) is 0 Å². The number of phosphoric ester groups is 1. The summed E-state index contributed by atoms with van der Waals surface area (Å²) in [6, 6.07) is 0. The highest BCUT2D eigenvalue weighted by molar-refractivity contribution is 7.47. The van der Waals surface area contributed by atoms with E-state index in [-0.39, 0.29) is 32.0 Å². The molecule has 9 nitrogen and oxygen atoms in total. The smallest absolute Gasteiger partial charge is 0.462 e. The molecular formula is C52H95NO8P+. The average molecular weight is 893 g/mol. The molecule has 62 heavy (non-hydrogen) atoms. The van der Waals surface area contributed by atoms with Crippen LogP contribution in [0.5, 0.6) is 0 Å². The lowest BCUT2D eigenvalue weighted by atomic mass is 10.0. The van der Waals surface area contributed by atoms with Crippen molar-refractivity contribution < 1.29 is 42.1 Å². The summed E-state index contributed by atoms with van der Waals surface area (Å²) in [5, 5.41) is 0. The standard InChI is InChI=1S/C52H94NO8P/c1-6-8-10-12-14-16-18-20-22-23-24-25-26-27-28-29-31-32-34-36-38-40-42-44-51(54)58-48-50(49-60-62(56,57)59-47-46-53(3,4)5)61-52(55)45-43-41-39-37-35-33-30-21-19-17-15-13-11-9-7-2/h9,11,15,17,21,23-24,30,35,37,50H,6-8,10,12-14,16,18-20,22,25-29,31-34,36,38-49H2,1-5H3/p+1/b11-9-,17-15-,24-23-,30-21-,37-35-. The minimum Gasteiger partial charge on any atom is -0.462 e. The Balaban J connectivity index is 4.26. The van der Waals surface area contributed by atoms with Gasteiger partial charge in [0.05, 0.1) is 27.7 Å². The van der Waals surface area contributed by atoms with Crippen molar-refractivity contribution >= 4 is 19.8 Å². The molecule has 0 aromatic carbocycles. The molecule has 360 valence electrons. The molecule has 1 N–H and O–H groups in total. The van der Waals surface area contributed by atoms with E-state index in [1.807, 2.05) is 21.1 Å². The van der Waals surface area contributed by atoms with Gasteiger partial charge in [-0.2, -0.15) is 0 Å². The van der Waals surface area contributed by atoms with Crippen LogP contribution in [0, 0.1) is 0 Å². The van der Waals surface area contributed by atoms with Gasteiger partial charge < -0.3 is 18.9 Å². The van der Waals surface area contributed by atoms with Crippen LogP contribution >= 0.6 is 7.82 Å². The van der Waals surface area contributed by atoms with E-state index in [0.29, 0.717) is 17.4 Å². The van der Waals surface area contributed by atoms with Gasteiger partial charge in [-0.15, -0.1) is 0 Å². The molecule has 0 aliphatic heterocycles. The molecule has 0 aliphatic rings. The fraction of sp³-hybridized carbons (Fsp3) is 0.769. The first kappa shape index (κ1) is 59.7. The Hall–Kier alpha value is -2.29. The third-order valence-corrected chi connectivity index (χ3v) is 11.5. The molecule has 0 aromatic heterocycles. The van der Waals surface area contributed by atoms with E-state index in [2.05, 4.69) is 74.6 Å². The molecule has 0 saturated heterocycles. The topological polar surface area (TPSA) is 108 Å². The van der Waals surface area contributed by atoms with Gasteiger partial charge in [0.15, 0.2) is 6.10 Å². The van der Waals surface area contributed by atoms with Crippen LogP contribution in [-0.4, -0.2) is 74.9 Å². The van der Waals surface area contributed by atoms with Gasteiger partial charge in [0.1, 0.15) is 19.8 Å². The normalized spacial score (nSPS) is 14.0. The highest BCUT2D eigenvalue weighted by atomic mass is 31.2. The number of unbranched alkanes of at least 4 members (excludes halogenated alkanes) is 21. The molecule has 0 radical (unpaired) electrons. The van der Waals surface area contributed by atoms with E-state index in [0.717, 1.165) is 57.8 Å². The number of likely N-dealkylation sites (N-methyl/N-ethyl adjacent to an activating group) is 1. The van der Waals surface area contributed by atoms with E-state index < -0.39 is 26.5 Å².